The average Bonchev–Trinajstić information content (AvgIpc) is 2.59. The van der Waals surface area contributed by atoms with Gasteiger partial charge < -0.3 is 5.11 Å². The van der Waals surface area contributed by atoms with Crippen LogP contribution in [0.1, 0.15) is 6.92 Å². The number of hydrogen-bond acceptors (Lipinski definition) is 3. The first-order chi connectivity index (χ1) is 8.82. The van der Waals surface area contributed by atoms with E-state index >= 15 is 0 Å². The third-order valence-electron chi connectivity index (χ3n) is 2.61. The molecule has 1 heterocycles. The van der Waals surface area contributed by atoms with E-state index in [9.17, 15) is 23.1 Å². The summed E-state index contributed by atoms with van der Waals surface area (Å²) < 4.78 is 39.1. The van der Waals surface area contributed by atoms with Crippen LogP contribution in [-0.4, -0.2) is 28.8 Å². The lowest BCUT2D eigenvalue weighted by atomic mass is 10.3. The average molecular weight is 340 g/mol. The Morgan fingerprint density at radius 1 is 1.47 bits per heavy atom. The monoisotopic (exact) mass is 339 g/mol. The van der Waals surface area contributed by atoms with E-state index < -0.39 is 24.6 Å². The number of phenolic OH excluding ortho intramolecular Hbond substituents is 1. The van der Waals surface area contributed by atoms with E-state index in [2.05, 4.69) is 21.4 Å². The molecule has 1 aromatic carbocycles. The number of benzene rings is 1. The molecule has 1 unspecified atom stereocenters. The quantitative estimate of drug-likeness (QED) is 0.814. The first-order valence-electron chi connectivity index (χ1n) is 5.17. The van der Waals surface area contributed by atoms with Gasteiger partial charge in [0, 0.05) is 6.07 Å². The Balaban J connectivity index is 2.39. The molecule has 0 saturated carbocycles. The van der Waals surface area contributed by atoms with Gasteiger partial charge in [0.25, 0.3) is 0 Å². The van der Waals surface area contributed by atoms with E-state index in [0.29, 0.717) is 5.01 Å². The smallest absolute Gasteiger partial charge is 0.344 e. The highest BCUT2D eigenvalue weighted by Crippen LogP contribution is 2.33. The topological polar surface area (TPSA) is 55.8 Å². The first-order valence-corrected chi connectivity index (χ1v) is 5.97. The van der Waals surface area contributed by atoms with Gasteiger partial charge in [-0.25, -0.2) is 24.5 Å². The third-order valence-corrected chi connectivity index (χ3v) is 3.25. The van der Waals surface area contributed by atoms with Crippen LogP contribution in [0.5, 0.6) is 5.75 Å². The molecular formula is C10H9BrF3N3O2. The maximum absolute atomic E-state index is 13.7. The van der Waals surface area contributed by atoms with Crippen molar-refractivity contribution in [2.45, 2.75) is 19.6 Å². The summed E-state index contributed by atoms with van der Waals surface area (Å²) >= 11 is 2.91. The summed E-state index contributed by atoms with van der Waals surface area (Å²) in [6.45, 7) is -1.67. The highest BCUT2D eigenvalue weighted by atomic mass is 79.9. The summed E-state index contributed by atoms with van der Waals surface area (Å²) in [4.78, 5) is 12.0. The van der Waals surface area contributed by atoms with Crippen LogP contribution in [0.3, 0.4) is 0 Å². The number of alkyl halides is 2. The molecule has 0 radical (unpaired) electrons. The SMILES string of the molecule is CC1NN(c2cc(O)c(Br)cc2F)C(=O)N1C(F)F. The first kappa shape index (κ1) is 13.9. The molecule has 0 spiro atoms. The summed E-state index contributed by atoms with van der Waals surface area (Å²) in [7, 11) is 0. The van der Waals surface area contributed by atoms with Crippen molar-refractivity contribution in [3.05, 3.63) is 22.4 Å². The Labute approximate surface area is 114 Å². The second-order valence-electron chi connectivity index (χ2n) is 3.86. The van der Waals surface area contributed by atoms with Crippen molar-refractivity contribution in [3.8, 4) is 5.75 Å². The minimum Gasteiger partial charge on any atom is -0.507 e. The lowest BCUT2D eigenvalue weighted by Gasteiger charge is -2.17. The van der Waals surface area contributed by atoms with Gasteiger partial charge in [-0.05, 0) is 28.9 Å². The van der Waals surface area contributed by atoms with Gasteiger partial charge in [-0.1, -0.05) is 0 Å². The molecule has 5 nitrogen and oxygen atoms in total. The molecule has 9 heteroatoms. The van der Waals surface area contributed by atoms with E-state index in [4.69, 9.17) is 0 Å². The number of carbonyl (C=O) groups excluding carboxylic acids is 1. The van der Waals surface area contributed by atoms with Gasteiger partial charge in [-0.3, -0.25) is 0 Å². The van der Waals surface area contributed by atoms with Crippen molar-refractivity contribution in [1.29, 1.82) is 0 Å². The lowest BCUT2D eigenvalue weighted by molar-refractivity contribution is -0.00783. The fraction of sp³-hybridized carbons (Fsp3) is 0.300. The molecule has 2 N–H and O–H groups in total. The second kappa shape index (κ2) is 4.89. The van der Waals surface area contributed by atoms with Crippen LogP contribution < -0.4 is 10.4 Å². The predicted molar refractivity (Wildman–Crippen MR) is 64.1 cm³/mol. The number of hydrogen-bond donors (Lipinski definition) is 2. The van der Waals surface area contributed by atoms with Crippen LogP contribution >= 0.6 is 15.9 Å². The largest absolute Gasteiger partial charge is 0.507 e. The van der Waals surface area contributed by atoms with E-state index in [1.165, 1.54) is 6.92 Å². The standard InChI is InChI=1S/C10H9BrF3N3O2/c1-4-15-17(10(19)16(4)9(13)14)7-3-8(18)5(11)2-6(7)12/h2-4,9,15,18H,1H3. The number of carbonyl (C=O) groups is 1. The number of urea groups is 1. The van der Waals surface area contributed by atoms with Gasteiger partial charge in [-0.15, -0.1) is 0 Å². The number of nitrogens with zero attached hydrogens (tertiary/aromatic N) is 2. The fourth-order valence-electron chi connectivity index (χ4n) is 1.71. The number of aromatic hydroxyl groups is 1. The number of rotatable bonds is 2. The van der Waals surface area contributed by atoms with Crippen LogP contribution in [0.15, 0.2) is 16.6 Å². The van der Waals surface area contributed by atoms with Crippen LogP contribution in [0.25, 0.3) is 0 Å². The molecule has 2 amide bonds. The second-order valence-corrected chi connectivity index (χ2v) is 4.72. The van der Waals surface area contributed by atoms with Crippen LogP contribution in [-0.2, 0) is 0 Å². The Kier molecular flexibility index (Phi) is 3.59. The van der Waals surface area contributed by atoms with Gasteiger partial charge in [0.05, 0.1) is 4.47 Å². The zero-order chi connectivity index (χ0) is 14.3. The van der Waals surface area contributed by atoms with E-state index in [0.717, 1.165) is 12.1 Å². The van der Waals surface area contributed by atoms with Crippen LogP contribution in [0.4, 0.5) is 23.7 Å². The van der Waals surface area contributed by atoms with Crippen molar-refractivity contribution in [2.75, 3.05) is 5.01 Å². The molecule has 0 bridgehead atoms. The molecule has 1 saturated heterocycles. The molecule has 1 atom stereocenters. The van der Waals surface area contributed by atoms with Crippen LogP contribution in [0.2, 0.25) is 0 Å². The summed E-state index contributed by atoms with van der Waals surface area (Å²) in [6, 6.07) is 0.810. The molecule has 1 fully saturated rings. The Bertz CT molecular complexity index is 529. The number of halogens is 4. The third kappa shape index (κ3) is 2.35. The van der Waals surface area contributed by atoms with Gasteiger partial charge in [0.1, 0.15) is 23.4 Å². The zero-order valence-electron chi connectivity index (χ0n) is 9.57. The number of nitrogens with one attached hydrogen (secondary N) is 1. The van der Waals surface area contributed by atoms with Crippen molar-refractivity contribution < 1.29 is 23.1 Å². The Morgan fingerprint density at radius 2 is 2.11 bits per heavy atom. The zero-order valence-corrected chi connectivity index (χ0v) is 11.2. The van der Waals surface area contributed by atoms with Crippen molar-refractivity contribution >= 4 is 27.6 Å². The lowest BCUT2D eigenvalue weighted by Crippen LogP contribution is -2.38. The van der Waals surface area contributed by atoms with E-state index in [1.54, 1.807) is 0 Å². The molecule has 19 heavy (non-hydrogen) atoms. The Hall–Kier alpha value is -1.48. The summed E-state index contributed by atoms with van der Waals surface area (Å²) in [5.74, 6) is -1.15. The molecule has 2 rings (SSSR count). The molecule has 1 aliphatic heterocycles. The van der Waals surface area contributed by atoms with E-state index in [1.807, 2.05) is 0 Å². The van der Waals surface area contributed by atoms with Gasteiger partial charge in [0.15, 0.2) is 0 Å². The maximum atomic E-state index is 13.7. The molecule has 104 valence electrons. The highest BCUT2D eigenvalue weighted by molar-refractivity contribution is 9.10. The minimum atomic E-state index is -3.01. The predicted octanol–water partition coefficient (Wildman–Crippen LogP) is 2.61. The number of anilines is 1. The van der Waals surface area contributed by atoms with Crippen molar-refractivity contribution in [3.63, 3.8) is 0 Å². The van der Waals surface area contributed by atoms with Gasteiger partial charge in [-0.2, -0.15) is 8.78 Å². The van der Waals surface area contributed by atoms with E-state index in [-0.39, 0.29) is 20.8 Å². The summed E-state index contributed by atoms with van der Waals surface area (Å²) in [6.07, 6.45) is -0.988. The number of phenols is 1. The number of hydrazine groups is 1. The number of amides is 2. The van der Waals surface area contributed by atoms with Crippen molar-refractivity contribution in [2.24, 2.45) is 0 Å². The minimum absolute atomic E-state index is 0.0964. The highest BCUT2D eigenvalue weighted by Gasteiger charge is 2.41. The van der Waals surface area contributed by atoms with Gasteiger partial charge in [0.2, 0.25) is 0 Å². The van der Waals surface area contributed by atoms with Crippen LogP contribution in [0, 0.1) is 5.82 Å². The normalized spacial score (nSPS) is 19.7. The molecule has 0 aliphatic carbocycles. The molecular weight excluding hydrogens is 331 g/mol. The summed E-state index contributed by atoms with van der Waals surface area (Å²) in [5.41, 5.74) is 2.07. The molecule has 1 aliphatic rings. The fourth-order valence-corrected chi connectivity index (χ4v) is 2.02. The Morgan fingerprint density at radius 3 is 2.63 bits per heavy atom. The molecule has 1 aromatic rings. The van der Waals surface area contributed by atoms with Gasteiger partial charge >= 0.3 is 12.6 Å². The maximum Gasteiger partial charge on any atom is 0.344 e. The van der Waals surface area contributed by atoms with Crippen molar-refractivity contribution in [1.82, 2.24) is 10.3 Å². The molecule has 0 aromatic heterocycles. The summed E-state index contributed by atoms with van der Waals surface area (Å²) in [5, 5.41) is 10.1.